The Morgan fingerprint density at radius 1 is 1.10 bits per heavy atom. The van der Waals surface area contributed by atoms with Gasteiger partial charge in [-0.2, -0.15) is 18.3 Å². The van der Waals surface area contributed by atoms with Crippen molar-refractivity contribution in [3.8, 4) is 22.5 Å². The van der Waals surface area contributed by atoms with Crippen LogP contribution in [0.3, 0.4) is 0 Å². The Bertz CT molecular complexity index is 974. The molecule has 1 saturated heterocycles. The molecule has 0 bridgehead atoms. The number of hydrogen-bond donors (Lipinski definition) is 2. The maximum atomic E-state index is 10.6. The number of anilines is 1. The first-order valence-corrected chi connectivity index (χ1v) is 8.89. The maximum absolute atomic E-state index is 10.6. The standard InChI is InChI=1S/C17H17N5O.C2HF3O2/c1-2-13(15-4-5-20-21-15)10-14(3-1)16-11-17(19-12-18-16)22-6-8-23-9-7-22;3-2(4,5)1(6)7/h1-5,10-12H,6-9H2,(H,20,21);(H,6,7). The lowest BCUT2D eigenvalue weighted by Crippen LogP contribution is -2.36. The van der Waals surface area contributed by atoms with E-state index in [2.05, 4.69) is 43.3 Å². The van der Waals surface area contributed by atoms with Gasteiger partial charge in [0, 0.05) is 36.5 Å². The molecular formula is C19H18F3N5O3. The fraction of sp³-hybridized carbons (Fsp3) is 0.263. The molecule has 11 heteroatoms. The number of aromatic nitrogens is 4. The van der Waals surface area contributed by atoms with Gasteiger partial charge < -0.3 is 14.7 Å². The summed E-state index contributed by atoms with van der Waals surface area (Å²) in [7, 11) is 0. The van der Waals surface area contributed by atoms with Gasteiger partial charge in [-0.05, 0) is 12.1 Å². The SMILES string of the molecule is O=C(O)C(F)(F)F.c1cc(-c2cc(N3CCOCC3)ncn2)cc(-c2ccn[nH]2)c1. The van der Waals surface area contributed by atoms with Crippen LogP contribution in [0.15, 0.2) is 48.9 Å². The first kappa shape index (κ1) is 21.2. The summed E-state index contributed by atoms with van der Waals surface area (Å²) < 4.78 is 37.1. The summed E-state index contributed by atoms with van der Waals surface area (Å²) in [5.41, 5.74) is 4.07. The van der Waals surface area contributed by atoms with Gasteiger partial charge in [0.2, 0.25) is 0 Å². The second kappa shape index (κ2) is 9.35. The van der Waals surface area contributed by atoms with Gasteiger partial charge in [0.25, 0.3) is 0 Å². The van der Waals surface area contributed by atoms with E-state index in [4.69, 9.17) is 14.6 Å². The van der Waals surface area contributed by atoms with Crippen molar-refractivity contribution in [3.63, 3.8) is 0 Å². The minimum atomic E-state index is -5.08. The van der Waals surface area contributed by atoms with Gasteiger partial charge in [0.1, 0.15) is 12.1 Å². The topological polar surface area (TPSA) is 104 Å². The fourth-order valence-corrected chi connectivity index (χ4v) is 2.73. The van der Waals surface area contributed by atoms with Gasteiger partial charge in [-0.15, -0.1) is 0 Å². The Labute approximate surface area is 169 Å². The number of morpholine rings is 1. The average molecular weight is 421 g/mol. The Kier molecular flexibility index (Phi) is 6.62. The predicted octanol–water partition coefficient (Wildman–Crippen LogP) is 3.00. The maximum Gasteiger partial charge on any atom is 0.490 e. The highest BCUT2D eigenvalue weighted by atomic mass is 19.4. The molecule has 30 heavy (non-hydrogen) atoms. The van der Waals surface area contributed by atoms with E-state index in [-0.39, 0.29) is 0 Å². The molecule has 8 nitrogen and oxygen atoms in total. The molecule has 1 aliphatic rings. The van der Waals surface area contributed by atoms with Crippen LogP contribution in [0.1, 0.15) is 0 Å². The van der Waals surface area contributed by atoms with Crippen LogP contribution in [-0.4, -0.2) is 63.7 Å². The summed E-state index contributed by atoms with van der Waals surface area (Å²) in [6, 6.07) is 12.3. The monoisotopic (exact) mass is 421 g/mol. The van der Waals surface area contributed by atoms with Crippen molar-refractivity contribution in [2.24, 2.45) is 0 Å². The van der Waals surface area contributed by atoms with Crippen molar-refractivity contribution in [1.82, 2.24) is 20.2 Å². The van der Waals surface area contributed by atoms with E-state index in [9.17, 15) is 13.2 Å². The second-order valence-corrected chi connectivity index (χ2v) is 6.21. The van der Waals surface area contributed by atoms with Crippen molar-refractivity contribution >= 4 is 11.8 Å². The summed E-state index contributed by atoms with van der Waals surface area (Å²) in [4.78, 5) is 20.0. The summed E-state index contributed by atoms with van der Waals surface area (Å²) in [6.07, 6.45) is -1.70. The third kappa shape index (κ3) is 5.54. The van der Waals surface area contributed by atoms with Crippen LogP contribution in [0.5, 0.6) is 0 Å². The summed E-state index contributed by atoms with van der Waals surface area (Å²) in [6.45, 7) is 3.22. The minimum absolute atomic E-state index is 0.745. The first-order chi connectivity index (χ1) is 14.3. The van der Waals surface area contributed by atoms with Crippen molar-refractivity contribution in [2.45, 2.75) is 6.18 Å². The van der Waals surface area contributed by atoms with Gasteiger partial charge in [0.05, 0.1) is 24.6 Å². The number of H-pyrrole nitrogens is 1. The van der Waals surface area contributed by atoms with Crippen molar-refractivity contribution < 1.29 is 27.8 Å². The van der Waals surface area contributed by atoms with E-state index < -0.39 is 12.1 Å². The Balaban J connectivity index is 0.000000318. The van der Waals surface area contributed by atoms with Gasteiger partial charge >= 0.3 is 12.1 Å². The molecule has 0 aliphatic carbocycles. The number of aromatic amines is 1. The lowest BCUT2D eigenvalue weighted by atomic mass is 10.1. The molecule has 0 unspecified atom stereocenters. The molecule has 0 amide bonds. The molecule has 1 aromatic carbocycles. The highest BCUT2D eigenvalue weighted by molar-refractivity contribution is 5.73. The number of ether oxygens (including phenoxy) is 1. The molecule has 1 fully saturated rings. The van der Waals surface area contributed by atoms with E-state index in [1.807, 2.05) is 18.2 Å². The number of carboxylic acid groups (broad SMARTS) is 1. The second-order valence-electron chi connectivity index (χ2n) is 6.21. The van der Waals surface area contributed by atoms with E-state index in [1.54, 1.807) is 12.5 Å². The molecule has 0 saturated carbocycles. The van der Waals surface area contributed by atoms with Crippen molar-refractivity contribution in [2.75, 3.05) is 31.2 Å². The molecule has 3 aromatic rings. The lowest BCUT2D eigenvalue weighted by Gasteiger charge is -2.27. The number of aliphatic carboxylic acids is 1. The Morgan fingerprint density at radius 3 is 2.43 bits per heavy atom. The molecule has 0 spiro atoms. The number of halogens is 3. The molecule has 3 heterocycles. The van der Waals surface area contributed by atoms with Crippen LogP contribution in [0, 0.1) is 0 Å². The number of alkyl halides is 3. The number of rotatable bonds is 3. The smallest absolute Gasteiger partial charge is 0.475 e. The number of nitrogens with one attached hydrogen (secondary N) is 1. The summed E-state index contributed by atoms with van der Waals surface area (Å²) in [5, 5.41) is 14.1. The van der Waals surface area contributed by atoms with Crippen LogP contribution in [0.2, 0.25) is 0 Å². The number of carboxylic acids is 1. The van der Waals surface area contributed by atoms with Crippen molar-refractivity contribution in [1.29, 1.82) is 0 Å². The quantitative estimate of drug-likeness (QED) is 0.670. The molecule has 2 aromatic heterocycles. The molecule has 4 rings (SSSR count). The normalized spacial score (nSPS) is 14.0. The molecule has 2 N–H and O–H groups in total. The van der Waals surface area contributed by atoms with E-state index in [0.29, 0.717) is 0 Å². The lowest BCUT2D eigenvalue weighted by molar-refractivity contribution is -0.192. The highest BCUT2D eigenvalue weighted by Crippen LogP contribution is 2.25. The molecule has 158 valence electrons. The van der Waals surface area contributed by atoms with E-state index in [1.165, 1.54) is 0 Å². The Hall–Kier alpha value is -3.47. The molecular weight excluding hydrogens is 403 g/mol. The molecule has 1 aliphatic heterocycles. The van der Waals surface area contributed by atoms with Crippen molar-refractivity contribution in [3.05, 3.63) is 48.9 Å². The zero-order chi connectivity index (χ0) is 21.6. The molecule has 0 atom stereocenters. The van der Waals surface area contributed by atoms with Crippen LogP contribution >= 0.6 is 0 Å². The number of carbonyl (C=O) groups is 1. The number of hydrogen-bond acceptors (Lipinski definition) is 6. The Morgan fingerprint density at radius 2 is 1.80 bits per heavy atom. The minimum Gasteiger partial charge on any atom is -0.475 e. The molecule has 0 radical (unpaired) electrons. The number of nitrogens with zero attached hydrogens (tertiary/aromatic N) is 4. The van der Waals surface area contributed by atoms with Crippen LogP contribution < -0.4 is 4.90 Å². The first-order valence-electron chi connectivity index (χ1n) is 8.89. The highest BCUT2D eigenvalue weighted by Gasteiger charge is 2.38. The summed E-state index contributed by atoms with van der Waals surface area (Å²) in [5.74, 6) is -1.81. The van der Waals surface area contributed by atoms with Gasteiger partial charge in [-0.3, -0.25) is 5.10 Å². The average Bonchev–Trinajstić information content (AvgIpc) is 3.29. The van der Waals surface area contributed by atoms with E-state index in [0.717, 1.165) is 54.6 Å². The third-order valence-electron chi connectivity index (χ3n) is 4.20. The van der Waals surface area contributed by atoms with Crippen LogP contribution in [0.25, 0.3) is 22.5 Å². The van der Waals surface area contributed by atoms with Gasteiger partial charge in [0.15, 0.2) is 0 Å². The van der Waals surface area contributed by atoms with Crippen LogP contribution in [0.4, 0.5) is 19.0 Å². The van der Waals surface area contributed by atoms with Gasteiger partial charge in [-0.1, -0.05) is 18.2 Å². The van der Waals surface area contributed by atoms with Crippen LogP contribution in [-0.2, 0) is 9.53 Å². The zero-order valence-electron chi connectivity index (χ0n) is 15.6. The summed E-state index contributed by atoms with van der Waals surface area (Å²) >= 11 is 0. The largest absolute Gasteiger partial charge is 0.490 e. The van der Waals surface area contributed by atoms with Gasteiger partial charge in [-0.25, -0.2) is 14.8 Å². The van der Waals surface area contributed by atoms with E-state index >= 15 is 0 Å². The zero-order valence-corrected chi connectivity index (χ0v) is 15.6. The third-order valence-corrected chi connectivity index (χ3v) is 4.20. The predicted molar refractivity (Wildman–Crippen MR) is 102 cm³/mol. The fourth-order valence-electron chi connectivity index (χ4n) is 2.73. The number of benzene rings is 1.